The van der Waals surface area contributed by atoms with Crippen molar-refractivity contribution in [2.75, 3.05) is 18.9 Å². The number of rotatable bonds is 4. The lowest BCUT2D eigenvalue weighted by molar-refractivity contribution is -0.152. The summed E-state index contributed by atoms with van der Waals surface area (Å²) in [6.45, 7) is 0.264. The molecule has 0 radical (unpaired) electrons. The number of hydrogen-bond donors (Lipinski definition) is 0. The number of carbonyl (C=O) groups is 3. The molecule has 0 saturated carbocycles. The standard InChI is InChI=1S/C22H19NO4S/c24-19(13-27-21(26)22-8-7-20(25)23(22)9-10-28-22)16-6-5-15-11-14-3-1-2-4-17(14)18(15)12-16/h1-6,12H,7-11,13H2. The predicted molar refractivity (Wildman–Crippen MR) is 106 cm³/mol. The third-order valence-electron chi connectivity index (χ3n) is 5.84. The molecule has 6 heteroatoms. The smallest absolute Gasteiger partial charge is 0.343 e. The highest BCUT2D eigenvalue weighted by atomic mass is 32.2. The minimum atomic E-state index is -0.922. The van der Waals surface area contributed by atoms with E-state index in [1.807, 2.05) is 24.3 Å². The first-order valence-electron chi connectivity index (χ1n) is 9.44. The average molecular weight is 393 g/mol. The van der Waals surface area contributed by atoms with E-state index in [0.29, 0.717) is 24.9 Å². The fourth-order valence-electron chi connectivity index (χ4n) is 4.40. The zero-order valence-corrected chi connectivity index (χ0v) is 16.1. The second-order valence-electron chi connectivity index (χ2n) is 7.38. The summed E-state index contributed by atoms with van der Waals surface area (Å²) in [6.07, 6.45) is 1.69. The van der Waals surface area contributed by atoms with Gasteiger partial charge in [0.2, 0.25) is 5.91 Å². The van der Waals surface area contributed by atoms with E-state index in [4.69, 9.17) is 4.74 Å². The molecule has 0 bridgehead atoms. The van der Waals surface area contributed by atoms with Gasteiger partial charge >= 0.3 is 5.97 Å². The number of carbonyl (C=O) groups excluding carboxylic acids is 3. The van der Waals surface area contributed by atoms with Gasteiger partial charge in [0, 0.05) is 24.3 Å². The summed E-state index contributed by atoms with van der Waals surface area (Å²) < 4.78 is 5.38. The number of ether oxygens (including phenoxy) is 1. The lowest BCUT2D eigenvalue weighted by Crippen LogP contribution is -2.46. The number of nitrogens with zero attached hydrogens (tertiary/aromatic N) is 1. The van der Waals surface area contributed by atoms with Crippen LogP contribution in [0, 0.1) is 0 Å². The highest BCUT2D eigenvalue weighted by Crippen LogP contribution is 2.45. The largest absolute Gasteiger partial charge is 0.455 e. The third-order valence-corrected chi connectivity index (χ3v) is 7.30. The van der Waals surface area contributed by atoms with Gasteiger partial charge < -0.3 is 9.64 Å². The summed E-state index contributed by atoms with van der Waals surface area (Å²) in [5, 5.41) is 0. The van der Waals surface area contributed by atoms with E-state index in [9.17, 15) is 14.4 Å². The van der Waals surface area contributed by atoms with Crippen LogP contribution in [0.25, 0.3) is 11.1 Å². The van der Waals surface area contributed by atoms with Gasteiger partial charge in [-0.15, -0.1) is 11.8 Å². The van der Waals surface area contributed by atoms with E-state index >= 15 is 0 Å². The number of amides is 1. The molecule has 3 aliphatic rings. The quantitative estimate of drug-likeness (QED) is 0.504. The van der Waals surface area contributed by atoms with Crippen molar-refractivity contribution in [3.8, 4) is 11.1 Å². The second kappa shape index (κ2) is 6.48. The van der Waals surface area contributed by atoms with E-state index in [2.05, 4.69) is 12.1 Å². The van der Waals surface area contributed by atoms with Crippen molar-refractivity contribution in [2.45, 2.75) is 24.1 Å². The summed E-state index contributed by atoms with van der Waals surface area (Å²) in [4.78, 5) is 38.0. The van der Waals surface area contributed by atoms with Gasteiger partial charge in [0.1, 0.15) is 0 Å². The highest BCUT2D eigenvalue weighted by Gasteiger charge is 2.56. The number of ketones is 1. The van der Waals surface area contributed by atoms with Gasteiger partial charge in [0.05, 0.1) is 0 Å². The van der Waals surface area contributed by atoms with Crippen LogP contribution in [0.5, 0.6) is 0 Å². The van der Waals surface area contributed by atoms with Crippen LogP contribution in [0.15, 0.2) is 42.5 Å². The summed E-state index contributed by atoms with van der Waals surface area (Å²) in [7, 11) is 0. The van der Waals surface area contributed by atoms with Crippen molar-refractivity contribution < 1.29 is 19.1 Å². The molecule has 2 fully saturated rings. The Morgan fingerprint density at radius 1 is 1.11 bits per heavy atom. The molecule has 28 heavy (non-hydrogen) atoms. The van der Waals surface area contributed by atoms with Gasteiger partial charge in [0.15, 0.2) is 17.3 Å². The molecule has 2 aromatic carbocycles. The van der Waals surface area contributed by atoms with Gasteiger partial charge in [-0.3, -0.25) is 9.59 Å². The van der Waals surface area contributed by atoms with Gasteiger partial charge in [-0.05, 0) is 41.2 Å². The lowest BCUT2D eigenvalue weighted by Gasteiger charge is -2.28. The zero-order chi connectivity index (χ0) is 19.3. The molecule has 2 heterocycles. The summed E-state index contributed by atoms with van der Waals surface area (Å²) in [6, 6.07) is 13.9. The molecule has 5 nitrogen and oxygen atoms in total. The molecule has 1 unspecified atom stereocenters. The fourth-order valence-corrected chi connectivity index (χ4v) is 5.79. The topological polar surface area (TPSA) is 63.7 Å². The van der Waals surface area contributed by atoms with Crippen molar-refractivity contribution in [3.63, 3.8) is 0 Å². The second-order valence-corrected chi connectivity index (χ2v) is 8.76. The molecule has 1 amide bonds. The Hall–Kier alpha value is -2.60. The molecule has 0 aromatic heterocycles. The molecule has 5 rings (SSSR count). The average Bonchev–Trinajstić information content (AvgIpc) is 3.39. The van der Waals surface area contributed by atoms with Crippen molar-refractivity contribution in [1.29, 1.82) is 0 Å². The molecule has 142 valence electrons. The van der Waals surface area contributed by atoms with Crippen molar-refractivity contribution in [1.82, 2.24) is 4.90 Å². The maximum Gasteiger partial charge on any atom is 0.343 e. The Morgan fingerprint density at radius 3 is 2.82 bits per heavy atom. The van der Waals surface area contributed by atoms with Crippen LogP contribution in [0.3, 0.4) is 0 Å². The summed E-state index contributed by atoms with van der Waals surface area (Å²) in [5.74, 6) is 0.0148. The lowest BCUT2D eigenvalue weighted by atomic mass is 10.0. The normalized spacial score (nSPS) is 22.0. The van der Waals surface area contributed by atoms with E-state index < -0.39 is 10.8 Å². The Morgan fingerprint density at radius 2 is 1.93 bits per heavy atom. The summed E-state index contributed by atoms with van der Waals surface area (Å²) >= 11 is 1.45. The molecule has 1 atom stereocenters. The Bertz CT molecular complexity index is 1020. The minimum absolute atomic E-state index is 0.00874. The summed E-state index contributed by atoms with van der Waals surface area (Å²) in [5.41, 5.74) is 5.24. The van der Waals surface area contributed by atoms with Crippen LogP contribution in [0.4, 0.5) is 0 Å². The molecular formula is C22H19NO4S. The molecule has 2 aliphatic heterocycles. The van der Waals surface area contributed by atoms with Crippen LogP contribution >= 0.6 is 11.8 Å². The first kappa shape index (κ1) is 17.5. The maximum absolute atomic E-state index is 12.7. The van der Waals surface area contributed by atoms with Crippen molar-refractivity contribution in [3.05, 3.63) is 59.2 Å². The zero-order valence-electron chi connectivity index (χ0n) is 15.3. The molecule has 1 aliphatic carbocycles. The van der Waals surface area contributed by atoms with Crippen molar-refractivity contribution in [2.24, 2.45) is 0 Å². The molecule has 2 saturated heterocycles. The van der Waals surface area contributed by atoms with E-state index in [1.165, 1.54) is 22.9 Å². The molecule has 0 N–H and O–H groups in total. The Balaban J connectivity index is 1.31. The first-order valence-corrected chi connectivity index (χ1v) is 10.4. The number of benzene rings is 2. The Kier molecular flexibility index (Phi) is 4.05. The molecular weight excluding hydrogens is 374 g/mol. The van der Waals surface area contributed by atoms with E-state index in [0.717, 1.165) is 23.3 Å². The van der Waals surface area contributed by atoms with Crippen LogP contribution < -0.4 is 0 Å². The maximum atomic E-state index is 12.7. The molecule has 2 aromatic rings. The SMILES string of the molecule is O=C(COC(=O)C12CCC(=O)N1CCS2)c1ccc2c(c1)-c1ccccc1C2. The first-order chi connectivity index (χ1) is 13.6. The van der Waals surface area contributed by atoms with Gasteiger partial charge in [-0.2, -0.15) is 0 Å². The number of esters is 1. The fraction of sp³-hybridized carbons (Fsp3) is 0.318. The van der Waals surface area contributed by atoms with Crippen LogP contribution in [0.2, 0.25) is 0 Å². The van der Waals surface area contributed by atoms with Crippen LogP contribution in [-0.2, 0) is 20.7 Å². The number of Topliss-reactive ketones (excluding diaryl/α,β-unsaturated/α-hetero) is 1. The molecule has 0 spiro atoms. The predicted octanol–water partition coefficient (Wildman–Crippen LogP) is 3.05. The van der Waals surface area contributed by atoms with Crippen LogP contribution in [-0.4, -0.2) is 46.3 Å². The number of thioether (sulfide) groups is 1. The number of hydrogen-bond acceptors (Lipinski definition) is 5. The minimum Gasteiger partial charge on any atom is -0.455 e. The number of fused-ring (bicyclic) bond motifs is 4. The highest BCUT2D eigenvalue weighted by molar-refractivity contribution is 8.01. The van der Waals surface area contributed by atoms with Gasteiger partial charge in [-0.25, -0.2) is 4.79 Å². The van der Waals surface area contributed by atoms with Gasteiger partial charge in [-0.1, -0.05) is 36.4 Å². The van der Waals surface area contributed by atoms with E-state index in [1.54, 1.807) is 11.0 Å². The van der Waals surface area contributed by atoms with Crippen molar-refractivity contribution >= 4 is 29.4 Å². The van der Waals surface area contributed by atoms with Crippen LogP contribution in [0.1, 0.15) is 34.3 Å². The van der Waals surface area contributed by atoms with E-state index in [-0.39, 0.29) is 18.3 Å². The Labute approximate surface area is 167 Å². The third kappa shape index (κ3) is 2.58. The van der Waals surface area contributed by atoms with Gasteiger partial charge in [0.25, 0.3) is 0 Å². The monoisotopic (exact) mass is 393 g/mol.